The maximum atomic E-state index is 11.6. The molecule has 1 N–H and O–H groups in total. The van der Waals surface area contributed by atoms with Crippen molar-refractivity contribution in [2.45, 2.75) is 166 Å². The van der Waals surface area contributed by atoms with Crippen LogP contribution in [0.25, 0.3) is 0 Å². The lowest BCUT2D eigenvalue weighted by molar-refractivity contribution is -0.486. The van der Waals surface area contributed by atoms with Crippen LogP contribution in [0.5, 0.6) is 0 Å². The van der Waals surface area contributed by atoms with Crippen molar-refractivity contribution in [3.8, 4) is 0 Å². The molecule has 0 spiro atoms. The molecule has 2 atom stereocenters. The second-order valence-electron chi connectivity index (χ2n) is 17.3. The van der Waals surface area contributed by atoms with Gasteiger partial charge in [-0.15, -0.1) is 6.10 Å². The van der Waals surface area contributed by atoms with Gasteiger partial charge in [0.05, 0.1) is 32.5 Å². The first-order valence-electron chi connectivity index (χ1n) is 27.5. The first kappa shape index (κ1) is 130. The largest absolute Gasteiger partial charge is 0.872 e. The maximum Gasteiger partial charge on any atom is 0.187 e. The lowest BCUT2D eigenvalue weighted by Gasteiger charge is -2.54. The number of allylic oxidation sites excluding steroid dienone is 2. The Hall–Kier alpha value is -3.24. The van der Waals surface area contributed by atoms with Crippen LogP contribution in [0.2, 0.25) is 0 Å². The Morgan fingerprint density at radius 2 is 0.619 bits per heavy atom. The smallest absolute Gasteiger partial charge is 0.187 e. The van der Waals surface area contributed by atoms with E-state index >= 15 is 0 Å². The van der Waals surface area contributed by atoms with E-state index < -0.39 is 12.2 Å². The van der Waals surface area contributed by atoms with E-state index in [1.807, 2.05) is 215 Å². The number of methoxy groups -OCH3 is 6. The van der Waals surface area contributed by atoms with Gasteiger partial charge >= 0.3 is 0 Å². The Morgan fingerprint density at radius 1 is 0.440 bits per heavy atom. The molecular formula is C66H157N6O12-. The van der Waals surface area contributed by atoms with E-state index in [1.54, 1.807) is 23.4 Å². The van der Waals surface area contributed by atoms with Crippen molar-refractivity contribution in [2.75, 3.05) is 195 Å². The maximum absolute atomic E-state index is 11.6. The van der Waals surface area contributed by atoms with Crippen LogP contribution in [0.15, 0.2) is 46.0 Å². The summed E-state index contributed by atoms with van der Waals surface area (Å²) in [7, 11) is 40.9. The van der Waals surface area contributed by atoms with Crippen LogP contribution in [-0.4, -0.2) is 266 Å². The van der Waals surface area contributed by atoms with E-state index in [-0.39, 0.29) is 90.6 Å². The molecule has 0 bridgehead atoms. The highest BCUT2D eigenvalue weighted by atomic mass is 16.5. The summed E-state index contributed by atoms with van der Waals surface area (Å²) >= 11 is 0. The second-order valence-corrected chi connectivity index (χ2v) is 17.3. The molecule has 3 aliphatic rings. The average Bonchev–Trinajstić information content (AvgIpc) is 3.38. The number of ether oxygens (including phenoxy) is 6. The summed E-state index contributed by atoms with van der Waals surface area (Å²) in [5, 5.41) is 44.0. The van der Waals surface area contributed by atoms with Gasteiger partial charge in [0.25, 0.3) is 0 Å². The molecule has 2 unspecified atom stereocenters. The minimum absolute atomic E-state index is 0. The topological polar surface area (TPSA) is 198 Å². The highest BCUT2D eigenvalue weighted by Crippen LogP contribution is 2.37. The number of nitrogens with zero attached hydrogens (tertiary/aromatic N) is 6. The molecule has 0 aromatic carbocycles. The quantitative estimate of drug-likeness (QED) is 0.0870. The number of Topliss-reactive ketones (excluding diaryl/α,β-unsaturated/α-hetero) is 2. The van der Waals surface area contributed by atoms with Crippen LogP contribution in [-0.2, 0) is 38.0 Å². The van der Waals surface area contributed by atoms with E-state index in [0.29, 0.717) is 76.5 Å². The monoisotopic (exact) mass is 1230 g/mol. The Bertz CT molecular complexity index is 1250. The van der Waals surface area contributed by atoms with Crippen molar-refractivity contribution >= 4 is 25.0 Å². The molecule has 1 fully saturated rings. The Morgan fingerprint density at radius 3 is 0.750 bits per heavy atom. The van der Waals surface area contributed by atoms with E-state index in [4.69, 9.17) is 28.4 Å². The molecule has 0 radical (unpaired) electrons. The van der Waals surface area contributed by atoms with E-state index in [1.165, 1.54) is 40.6 Å². The fourth-order valence-corrected chi connectivity index (χ4v) is 4.56. The standard InChI is InChI=1S/C10H19O4.2C10H14O4.4C3H9N.2C3H8N.6C2H6.6CH4/c3*1-13-5-3-7-9(11)8(10(7)12)4-6-14-2;6*1-4(2)3;6*1-2;;;;;;/h7-11H,3-6H2,1-2H3;2*3,11H,4-6H2,1-2H3;4*1-3H3;2*1H2,2-3H3;6*1-2H3;6*1H4/q-1;;;;;;;2*+1;;;;;;;;;;;;/p-2. The van der Waals surface area contributed by atoms with Crippen LogP contribution in [0.1, 0.15) is 153 Å². The Kier molecular flexibility index (Phi) is 162. The van der Waals surface area contributed by atoms with Crippen LogP contribution >= 0.6 is 0 Å². The van der Waals surface area contributed by atoms with Crippen molar-refractivity contribution in [2.24, 2.45) is 11.8 Å². The predicted molar refractivity (Wildman–Crippen MR) is 372 cm³/mol. The zero-order chi connectivity index (χ0) is 65.1. The van der Waals surface area contributed by atoms with Crippen molar-refractivity contribution in [1.82, 2.24) is 19.6 Å². The van der Waals surface area contributed by atoms with Gasteiger partial charge in [-0.05, 0) is 145 Å². The molecule has 0 amide bonds. The molecule has 18 heteroatoms. The van der Waals surface area contributed by atoms with Gasteiger partial charge in [-0.2, -0.15) is 0 Å². The number of rotatable bonds is 16. The Labute approximate surface area is 528 Å². The number of aliphatic hydroxyl groups excluding tert-OH is 1. The summed E-state index contributed by atoms with van der Waals surface area (Å²) in [5.41, 5.74) is 1.18. The number of hydrogen-bond acceptors (Lipinski definition) is 16. The van der Waals surface area contributed by atoms with Gasteiger partial charge in [-0.3, -0.25) is 9.59 Å². The highest BCUT2D eigenvalue weighted by molar-refractivity contribution is 6.19. The molecule has 3 rings (SSSR count). The van der Waals surface area contributed by atoms with E-state index in [2.05, 4.69) is 13.4 Å². The van der Waals surface area contributed by atoms with Gasteiger partial charge in [-0.25, -0.2) is 9.15 Å². The molecule has 0 aromatic heterocycles. The zero-order valence-corrected chi connectivity index (χ0v) is 57.6. The van der Waals surface area contributed by atoms with Crippen LogP contribution < -0.4 is 15.3 Å². The lowest BCUT2D eigenvalue weighted by atomic mass is 9.66. The van der Waals surface area contributed by atoms with Gasteiger partial charge in [0.15, 0.2) is 11.6 Å². The number of carbonyl (C=O) groups excluding carboxylic acids is 2. The van der Waals surface area contributed by atoms with Crippen LogP contribution in [0, 0.1) is 11.8 Å². The molecule has 18 nitrogen and oxygen atoms in total. The SMILES string of the molecule is C.C.C.C.C.C.C=[N+](C)C.C=[N+](C)C.CC.CC.CC.CC.CC.CC.CN(C)C.CN(C)C.CN(C)C.CN(C)C.COCC=C1C(=O)C(CCOC)=C1[O-].COCC=C1C(=O)C(CCOC)=C1[O-].COCCC1C([O-])C(CCOC)C1O. The van der Waals surface area contributed by atoms with Crippen molar-refractivity contribution in [1.29, 1.82) is 0 Å². The number of carbonyl (C=O) groups is 2. The number of aliphatic hydroxyl groups is 1. The highest BCUT2D eigenvalue weighted by Gasteiger charge is 2.41. The lowest BCUT2D eigenvalue weighted by Crippen LogP contribution is -2.62. The third-order valence-corrected chi connectivity index (χ3v) is 7.13. The van der Waals surface area contributed by atoms with E-state index in [0.717, 1.165) is 0 Å². The van der Waals surface area contributed by atoms with Crippen molar-refractivity contribution in [3.05, 3.63) is 46.0 Å². The minimum atomic E-state index is -0.643. The number of ketones is 2. The predicted octanol–water partition coefficient (Wildman–Crippen LogP) is 9.58. The Balaban J connectivity index is -0.0000000370. The van der Waals surface area contributed by atoms with Crippen molar-refractivity contribution < 1.29 is 67.6 Å². The van der Waals surface area contributed by atoms with Gasteiger partial charge in [0, 0.05) is 67.0 Å². The fraction of sp³-hybridized carbons (Fsp3) is 0.818. The third-order valence-electron chi connectivity index (χ3n) is 7.13. The molecule has 0 saturated heterocycles. The normalized spacial score (nSPS) is 15.2. The summed E-state index contributed by atoms with van der Waals surface area (Å²) < 4.78 is 32.3. The molecule has 0 heterocycles. The van der Waals surface area contributed by atoms with Gasteiger partial charge in [0.2, 0.25) is 0 Å². The molecule has 3 aliphatic carbocycles. The summed E-state index contributed by atoms with van der Waals surface area (Å²) in [5.74, 6) is -0.907. The summed E-state index contributed by atoms with van der Waals surface area (Å²) in [6.07, 6.45) is 4.06. The van der Waals surface area contributed by atoms with Crippen LogP contribution in [0.3, 0.4) is 0 Å². The van der Waals surface area contributed by atoms with Crippen molar-refractivity contribution in [3.63, 3.8) is 0 Å². The second kappa shape index (κ2) is 105. The third kappa shape index (κ3) is 101. The molecule has 524 valence electrons. The van der Waals surface area contributed by atoms with Gasteiger partial charge < -0.3 is 68.4 Å². The molecule has 84 heavy (non-hydrogen) atoms. The zero-order valence-electron chi connectivity index (χ0n) is 57.6. The molecule has 0 aromatic rings. The minimum Gasteiger partial charge on any atom is -0.872 e. The van der Waals surface area contributed by atoms with E-state index in [9.17, 15) is 30.0 Å². The molecular weight excluding hydrogens is 1070 g/mol. The average molecular weight is 1230 g/mol. The first-order valence-corrected chi connectivity index (χ1v) is 27.5. The van der Waals surface area contributed by atoms with Crippen LogP contribution in [0.4, 0.5) is 0 Å². The van der Waals surface area contributed by atoms with Gasteiger partial charge in [-0.1, -0.05) is 139 Å². The fourth-order valence-electron chi connectivity index (χ4n) is 4.56. The summed E-state index contributed by atoms with van der Waals surface area (Å²) in [4.78, 5) is 30.7. The summed E-state index contributed by atoms with van der Waals surface area (Å²) in [6.45, 7) is 33.5. The molecule has 1 saturated carbocycles. The summed E-state index contributed by atoms with van der Waals surface area (Å²) in [6, 6.07) is 0. The first-order chi connectivity index (χ1) is 36.5. The van der Waals surface area contributed by atoms with Gasteiger partial charge in [0.1, 0.15) is 41.6 Å². The molecule has 0 aliphatic heterocycles. The number of hydrogen-bond donors (Lipinski definition) is 1.